The van der Waals surface area contributed by atoms with Gasteiger partial charge in [0.15, 0.2) is 0 Å². The maximum absolute atomic E-state index is 14.4. The molecule has 1 aliphatic heterocycles. The molecule has 0 saturated carbocycles. The van der Waals surface area contributed by atoms with Crippen molar-refractivity contribution in [1.29, 1.82) is 0 Å². The standard InChI is InChI=1S/C26H31F5N2O3S/c1-4-19-13-18(15-32-9-11-33(12-10-32)37(35,36)16-17(2)3)5-7-21(19)20-6-8-22-23(14-20)25(27,28)24(22,34)26(29,30)31/h5-8,13-14,17,34H,4,9-12,15-16H2,1-3H3. The lowest BCUT2D eigenvalue weighted by Crippen LogP contribution is -2.62. The first-order chi connectivity index (χ1) is 17.1. The normalized spacial score (nSPS) is 22.6. The van der Waals surface area contributed by atoms with E-state index in [9.17, 15) is 35.5 Å². The van der Waals surface area contributed by atoms with Crippen LogP contribution >= 0.6 is 0 Å². The zero-order chi connectivity index (χ0) is 27.4. The van der Waals surface area contributed by atoms with Crippen LogP contribution in [0.1, 0.15) is 43.0 Å². The number of aliphatic hydroxyl groups is 1. The molecule has 1 atom stereocenters. The summed E-state index contributed by atoms with van der Waals surface area (Å²) in [4.78, 5) is 2.15. The van der Waals surface area contributed by atoms with Crippen LogP contribution in [0.2, 0.25) is 0 Å². The molecule has 37 heavy (non-hydrogen) atoms. The third kappa shape index (κ3) is 4.79. The largest absolute Gasteiger partial charge is 0.427 e. The molecule has 1 unspecified atom stereocenters. The van der Waals surface area contributed by atoms with E-state index in [-0.39, 0.29) is 11.7 Å². The Morgan fingerprint density at radius 1 is 1.00 bits per heavy atom. The fourth-order valence-corrected chi connectivity index (χ4v) is 6.96. The second-order valence-corrected chi connectivity index (χ2v) is 12.2. The van der Waals surface area contributed by atoms with Crippen molar-refractivity contribution in [2.75, 3.05) is 31.9 Å². The van der Waals surface area contributed by atoms with Gasteiger partial charge in [-0.15, -0.1) is 0 Å². The van der Waals surface area contributed by atoms with Gasteiger partial charge in [-0.05, 0) is 40.7 Å². The molecular weight excluding hydrogens is 515 g/mol. The van der Waals surface area contributed by atoms with Gasteiger partial charge in [0.25, 0.3) is 5.60 Å². The van der Waals surface area contributed by atoms with Crippen molar-refractivity contribution in [2.24, 2.45) is 5.92 Å². The molecule has 204 valence electrons. The number of sulfonamides is 1. The number of hydrogen-bond acceptors (Lipinski definition) is 4. The predicted molar refractivity (Wildman–Crippen MR) is 131 cm³/mol. The van der Waals surface area contributed by atoms with Crippen molar-refractivity contribution >= 4 is 10.0 Å². The molecule has 1 heterocycles. The molecule has 11 heteroatoms. The van der Waals surface area contributed by atoms with Gasteiger partial charge in [0.2, 0.25) is 10.0 Å². The monoisotopic (exact) mass is 546 g/mol. The van der Waals surface area contributed by atoms with Crippen LogP contribution in [0.25, 0.3) is 11.1 Å². The third-order valence-electron chi connectivity index (χ3n) is 7.15. The van der Waals surface area contributed by atoms with Crippen LogP contribution in [-0.2, 0) is 34.5 Å². The minimum absolute atomic E-state index is 0.0531. The van der Waals surface area contributed by atoms with Crippen LogP contribution in [0.4, 0.5) is 22.0 Å². The fraction of sp³-hybridized carbons (Fsp3) is 0.538. The van der Waals surface area contributed by atoms with E-state index in [4.69, 9.17) is 0 Å². The summed E-state index contributed by atoms with van der Waals surface area (Å²) in [6.45, 7) is 8.25. The van der Waals surface area contributed by atoms with Crippen LogP contribution < -0.4 is 0 Å². The summed E-state index contributed by atoms with van der Waals surface area (Å²) in [6.07, 6.45) is -4.92. The number of halogens is 5. The molecule has 1 fully saturated rings. The molecule has 0 amide bonds. The molecular formula is C26H31F5N2O3S. The van der Waals surface area contributed by atoms with Gasteiger partial charge in [-0.25, -0.2) is 8.42 Å². The Labute approximate surface area is 213 Å². The van der Waals surface area contributed by atoms with Crippen LogP contribution in [0.15, 0.2) is 36.4 Å². The smallest absolute Gasteiger partial charge is 0.371 e. The van der Waals surface area contributed by atoms with Crippen molar-refractivity contribution in [3.63, 3.8) is 0 Å². The average Bonchev–Trinajstić information content (AvgIpc) is 2.82. The Balaban J connectivity index is 1.50. The summed E-state index contributed by atoms with van der Waals surface area (Å²) >= 11 is 0. The summed E-state index contributed by atoms with van der Waals surface area (Å²) in [5.41, 5.74) is -3.00. The molecule has 0 radical (unpaired) electrons. The van der Waals surface area contributed by atoms with Gasteiger partial charge in [-0.1, -0.05) is 51.1 Å². The first-order valence-corrected chi connectivity index (χ1v) is 13.9. The lowest BCUT2D eigenvalue weighted by atomic mass is 9.68. The minimum Gasteiger partial charge on any atom is -0.371 e. The minimum atomic E-state index is -5.49. The highest BCUT2D eigenvalue weighted by atomic mass is 32.2. The maximum atomic E-state index is 14.4. The number of piperazine rings is 1. The van der Waals surface area contributed by atoms with Gasteiger partial charge >= 0.3 is 12.1 Å². The number of fused-ring (bicyclic) bond motifs is 1. The number of aryl methyl sites for hydroxylation is 1. The first-order valence-electron chi connectivity index (χ1n) is 12.3. The summed E-state index contributed by atoms with van der Waals surface area (Å²) in [7, 11) is -3.28. The van der Waals surface area contributed by atoms with E-state index in [1.54, 1.807) is 6.07 Å². The van der Waals surface area contributed by atoms with Gasteiger partial charge in [0, 0.05) is 43.9 Å². The molecule has 2 aromatic rings. The second-order valence-electron chi connectivity index (χ2n) is 10.2. The molecule has 4 rings (SSSR count). The zero-order valence-corrected chi connectivity index (χ0v) is 21.8. The molecule has 1 N–H and O–H groups in total. The first kappa shape index (κ1) is 27.9. The quantitative estimate of drug-likeness (QED) is 0.504. The van der Waals surface area contributed by atoms with Crippen molar-refractivity contribution in [3.05, 3.63) is 58.7 Å². The van der Waals surface area contributed by atoms with Crippen molar-refractivity contribution in [3.8, 4) is 11.1 Å². The van der Waals surface area contributed by atoms with E-state index >= 15 is 0 Å². The number of alkyl halides is 5. The van der Waals surface area contributed by atoms with Gasteiger partial charge in [-0.3, -0.25) is 4.90 Å². The van der Waals surface area contributed by atoms with Crippen LogP contribution in [-0.4, -0.2) is 60.8 Å². The zero-order valence-electron chi connectivity index (χ0n) is 20.9. The summed E-state index contributed by atoms with van der Waals surface area (Å²) in [5, 5.41) is 9.76. The highest BCUT2D eigenvalue weighted by Crippen LogP contribution is 2.63. The fourth-order valence-electron chi connectivity index (χ4n) is 5.19. The van der Waals surface area contributed by atoms with Gasteiger partial charge in [0.1, 0.15) is 0 Å². The van der Waals surface area contributed by atoms with E-state index in [2.05, 4.69) is 4.90 Å². The molecule has 1 aliphatic carbocycles. The Kier molecular flexibility index (Phi) is 7.24. The molecule has 0 spiro atoms. The van der Waals surface area contributed by atoms with Gasteiger partial charge in [0.05, 0.1) is 5.75 Å². The number of nitrogens with zero attached hydrogens (tertiary/aromatic N) is 2. The molecule has 2 aliphatic rings. The lowest BCUT2D eigenvalue weighted by Gasteiger charge is -2.47. The summed E-state index contributed by atoms with van der Waals surface area (Å²) in [5.74, 6) is -4.26. The molecule has 1 saturated heterocycles. The van der Waals surface area contributed by atoms with Gasteiger partial charge < -0.3 is 5.11 Å². The maximum Gasteiger partial charge on any atom is 0.427 e. The summed E-state index contributed by atoms with van der Waals surface area (Å²) in [6, 6.07) is 8.85. The van der Waals surface area contributed by atoms with Gasteiger partial charge in [-0.2, -0.15) is 26.3 Å². The number of hydrogen-bond donors (Lipinski definition) is 1. The third-order valence-corrected chi connectivity index (χ3v) is 9.39. The summed E-state index contributed by atoms with van der Waals surface area (Å²) < 4.78 is 95.0. The van der Waals surface area contributed by atoms with E-state index < -0.39 is 38.9 Å². The van der Waals surface area contributed by atoms with Crippen molar-refractivity contribution in [2.45, 2.75) is 51.4 Å². The highest BCUT2D eigenvalue weighted by Gasteiger charge is 2.78. The van der Waals surface area contributed by atoms with E-state index in [0.717, 1.165) is 23.3 Å². The highest BCUT2D eigenvalue weighted by molar-refractivity contribution is 7.89. The van der Waals surface area contributed by atoms with Crippen molar-refractivity contribution in [1.82, 2.24) is 9.21 Å². The lowest BCUT2D eigenvalue weighted by molar-refractivity contribution is -0.364. The number of rotatable bonds is 7. The van der Waals surface area contributed by atoms with Crippen LogP contribution in [0.3, 0.4) is 0 Å². The van der Waals surface area contributed by atoms with E-state index in [1.165, 1.54) is 10.4 Å². The SMILES string of the molecule is CCc1cc(CN2CCN(S(=O)(=O)CC(C)C)CC2)ccc1-c1ccc2c(c1)C(F)(F)C2(O)C(F)(F)F. The molecule has 0 bridgehead atoms. The van der Waals surface area contributed by atoms with Crippen LogP contribution in [0, 0.1) is 5.92 Å². The molecule has 5 nitrogen and oxygen atoms in total. The topological polar surface area (TPSA) is 60.9 Å². The van der Waals surface area contributed by atoms with E-state index in [1.807, 2.05) is 32.9 Å². The molecule has 0 aromatic heterocycles. The van der Waals surface area contributed by atoms with Crippen LogP contribution in [0.5, 0.6) is 0 Å². The second kappa shape index (κ2) is 9.59. The number of benzene rings is 2. The average molecular weight is 547 g/mol. The Morgan fingerprint density at radius 3 is 2.22 bits per heavy atom. The Hall–Kier alpha value is -2.08. The molecule has 2 aromatic carbocycles. The van der Waals surface area contributed by atoms with Crippen molar-refractivity contribution < 1.29 is 35.5 Å². The van der Waals surface area contributed by atoms with E-state index in [0.29, 0.717) is 50.3 Å². The Morgan fingerprint density at radius 2 is 1.65 bits per heavy atom. The Bertz CT molecular complexity index is 1270. The predicted octanol–water partition coefficient (Wildman–Crippen LogP) is 4.87.